The monoisotopic (exact) mass is 376 g/mol. The Morgan fingerprint density at radius 1 is 0.964 bits per heavy atom. The van der Waals surface area contributed by atoms with Gasteiger partial charge in [-0.3, -0.25) is 0 Å². The Labute approximate surface area is 166 Å². The normalized spacial score (nSPS) is 18.5. The summed E-state index contributed by atoms with van der Waals surface area (Å²) in [6, 6.07) is 12.9. The first-order chi connectivity index (χ1) is 13.9. The van der Waals surface area contributed by atoms with Gasteiger partial charge >= 0.3 is 0 Å². The number of aromatic amines is 1. The number of fused-ring (bicyclic) bond motifs is 1. The van der Waals surface area contributed by atoms with Crippen LogP contribution < -0.4 is 10.2 Å². The van der Waals surface area contributed by atoms with Crippen molar-refractivity contribution in [3.05, 3.63) is 48.2 Å². The maximum atomic E-state index is 5.43. The molecule has 1 aliphatic carbocycles. The molecule has 5 nitrogen and oxygen atoms in total. The second kappa shape index (κ2) is 7.84. The van der Waals surface area contributed by atoms with E-state index in [0.717, 1.165) is 43.5 Å². The van der Waals surface area contributed by atoms with Gasteiger partial charge in [-0.1, -0.05) is 19.3 Å². The van der Waals surface area contributed by atoms with Gasteiger partial charge in [-0.2, -0.15) is 0 Å². The van der Waals surface area contributed by atoms with Crippen LogP contribution in [-0.4, -0.2) is 36.3 Å². The third-order valence-corrected chi connectivity index (χ3v) is 6.13. The first-order valence-electron chi connectivity index (χ1n) is 10.5. The minimum absolute atomic E-state index is 0.691. The van der Waals surface area contributed by atoms with Gasteiger partial charge in [-0.25, -0.2) is 4.98 Å². The fourth-order valence-electron chi connectivity index (χ4n) is 4.57. The van der Waals surface area contributed by atoms with Crippen LogP contribution >= 0.6 is 0 Å². The summed E-state index contributed by atoms with van der Waals surface area (Å²) in [4.78, 5) is 10.6. The van der Waals surface area contributed by atoms with E-state index in [2.05, 4.69) is 57.8 Å². The predicted molar refractivity (Wildman–Crippen MR) is 115 cm³/mol. The fourth-order valence-corrected chi connectivity index (χ4v) is 4.57. The molecular formula is C23H28N4O. The summed E-state index contributed by atoms with van der Waals surface area (Å²) < 4.78 is 5.43. The zero-order valence-corrected chi connectivity index (χ0v) is 16.3. The van der Waals surface area contributed by atoms with E-state index in [9.17, 15) is 0 Å². The second-order valence-corrected chi connectivity index (χ2v) is 7.94. The maximum Gasteiger partial charge on any atom is 0.140 e. The SMILES string of the molecule is c1cc(N2CCOCC2)ccc1Nc1ccc2c(C3CCCCC3)c[nH]c2n1. The number of morpholine rings is 1. The Kier molecular flexibility index (Phi) is 4.92. The summed E-state index contributed by atoms with van der Waals surface area (Å²) in [7, 11) is 0. The molecule has 5 heteroatoms. The van der Waals surface area contributed by atoms with Crippen molar-refractivity contribution in [3.8, 4) is 0 Å². The lowest BCUT2D eigenvalue weighted by atomic mass is 9.84. The summed E-state index contributed by atoms with van der Waals surface area (Å²) in [6.07, 6.45) is 8.88. The number of nitrogens with zero attached hydrogens (tertiary/aromatic N) is 2. The Morgan fingerprint density at radius 2 is 1.75 bits per heavy atom. The van der Waals surface area contributed by atoms with Gasteiger partial charge in [0.05, 0.1) is 13.2 Å². The quantitative estimate of drug-likeness (QED) is 0.658. The molecule has 0 unspecified atom stereocenters. The topological polar surface area (TPSA) is 53.2 Å². The highest BCUT2D eigenvalue weighted by molar-refractivity contribution is 5.82. The first-order valence-corrected chi connectivity index (χ1v) is 10.5. The molecule has 1 aliphatic heterocycles. The molecule has 0 atom stereocenters. The molecule has 5 rings (SSSR count). The lowest BCUT2D eigenvalue weighted by Gasteiger charge is -2.28. The molecule has 28 heavy (non-hydrogen) atoms. The van der Waals surface area contributed by atoms with Gasteiger partial charge in [-0.05, 0) is 60.7 Å². The van der Waals surface area contributed by atoms with Crippen molar-refractivity contribution in [1.82, 2.24) is 9.97 Å². The number of anilines is 3. The van der Waals surface area contributed by atoms with E-state index in [4.69, 9.17) is 9.72 Å². The van der Waals surface area contributed by atoms with Crippen LogP contribution in [0.2, 0.25) is 0 Å². The number of aromatic nitrogens is 2. The largest absolute Gasteiger partial charge is 0.378 e. The molecule has 0 radical (unpaired) electrons. The van der Waals surface area contributed by atoms with E-state index < -0.39 is 0 Å². The summed E-state index contributed by atoms with van der Waals surface area (Å²) in [5, 5.41) is 4.72. The van der Waals surface area contributed by atoms with Crippen LogP contribution in [-0.2, 0) is 4.74 Å². The number of ether oxygens (including phenoxy) is 1. The zero-order valence-electron chi connectivity index (χ0n) is 16.3. The van der Waals surface area contributed by atoms with Gasteiger partial charge in [0.25, 0.3) is 0 Å². The fraction of sp³-hybridized carbons (Fsp3) is 0.435. The van der Waals surface area contributed by atoms with Gasteiger partial charge < -0.3 is 19.9 Å². The van der Waals surface area contributed by atoms with Crippen LogP contribution in [0.3, 0.4) is 0 Å². The number of H-pyrrole nitrogens is 1. The lowest BCUT2D eigenvalue weighted by molar-refractivity contribution is 0.122. The van der Waals surface area contributed by atoms with E-state index in [0.29, 0.717) is 5.92 Å². The van der Waals surface area contributed by atoms with E-state index in [1.54, 1.807) is 0 Å². The van der Waals surface area contributed by atoms with E-state index in [-0.39, 0.29) is 0 Å². The number of hydrogen-bond acceptors (Lipinski definition) is 4. The average molecular weight is 377 g/mol. The average Bonchev–Trinajstić information content (AvgIpc) is 3.19. The molecule has 2 N–H and O–H groups in total. The minimum atomic E-state index is 0.691. The third kappa shape index (κ3) is 3.59. The van der Waals surface area contributed by atoms with Gasteiger partial charge in [0.2, 0.25) is 0 Å². The highest BCUT2D eigenvalue weighted by Gasteiger charge is 2.19. The van der Waals surface area contributed by atoms with Crippen LogP contribution in [0.15, 0.2) is 42.6 Å². The van der Waals surface area contributed by atoms with E-state index >= 15 is 0 Å². The van der Waals surface area contributed by atoms with Crippen molar-refractivity contribution < 1.29 is 4.74 Å². The van der Waals surface area contributed by atoms with Gasteiger partial charge in [-0.15, -0.1) is 0 Å². The van der Waals surface area contributed by atoms with Crippen molar-refractivity contribution in [2.24, 2.45) is 0 Å². The Balaban J connectivity index is 1.31. The minimum Gasteiger partial charge on any atom is -0.378 e. The molecule has 0 spiro atoms. The Hall–Kier alpha value is -2.53. The number of nitrogens with one attached hydrogen (secondary N) is 2. The van der Waals surface area contributed by atoms with Gasteiger partial charge in [0.1, 0.15) is 11.5 Å². The molecular weight excluding hydrogens is 348 g/mol. The summed E-state index contributed by atoms with van der Waals surface area (Å²) in [5.74, 6) is 1.57. The van der Waals surface area contributed by atoms with Crippen molar-refractivity contribution >= 4 is 28.2 Å². The van der Waals surface area contributed by atoms with Gasteiger partial charge in [0.15, 0.2) is 0 Å². The van der Waals surface area contributed by atoms with Crippen LogP contribution in [0.4, 0.5) is 17.2 Å². The van der Waals surface area contributed by atoms with Crippen molar-refractivity contribution in [2.75, 3.05) is 36.5 Å². The number of hydrogen-bond donors (Lipinski definition) is 2. The summed E-state index contributed by atoms with van der Waals surface area (Å²) in [5.41, 5.74) is 4.74. The molecule has 2 aromatic heterocycles. The Bertz CT molecular complexity index is 921. The van der Waals surface area contributed by atoms with Crippen molar-refractivity contribution in [1.29, 1.82) is 0 Å². The van der Waals surface area contributed by atoms with E-state index in [1.165, 1.54) is 48.7 Å². The molecule has 146 valence electrons. The van der Waals surface area contributed by atoms with E-state index in [1.807, 2.05) is 0 Å². The summed E-state index contributed by atoms with van der Waals surface area (Å²) >= 11 is 0. The maximum absolute atomic E-state index is 5.43. The molecule has 1 saturated carbocycles. The molecule has 3 heterocycles. The molecule has 2 fully saturated rings. The van der Waals surface area contributed by atoms with Gasteiger partial charge in [0, 0.05) is 36.0 Å². The van der Waals surface area contributed by atoms with Crippen LogP contribution in [0.5, 0.6) is 0 Å². The molecule has 0 bridgehead atoms. The molecule has 3 aromatic rings. The highest BCUT2D eigenvalue weighted by atomic mass is 16.5. The predicted octanol–water partition coefficient (Wildman–Crippen LogP) is 5.19. The number of rotatable bonds is 4. The van der Waals surface area contributed by atoms with Crippen molar-refractivity contribution in [3.63, 3.8) is 0 Å². The lowest BCUT2D eigenvalue weighted by Crippen LogP contribution is -2.36. The molecule has 2 aliphatic rings. The standard InChI is InChI=1S/C23H28N4O/c1-2-4-17(5-3-1)21-16-24-23-20(21)10-11-22(26-23)25-18-6-8-19(9-7-18)27-12-14-28-15-13-27/h6-11,16-17H,1-5,12-15H2,(H2,24,25,26). The molecule has 1 aromatic carbocycles. The zero-order chi connectivity index (χ0) is 18.8. The second-order valence-electron chi connectivity index (χ2n) is 7.94. The first kappa shape index (κ1) is 17.6. The van der Waals surface area contributed by atoms with Crippen LogP contribution in [0, 0.1) is 0 Å². The highest BCUT2D eigenvalue weighted by Crippen LogP contribution is 2.36. The van der Waals surface area contributed by atoms with Crippen LogP contribution in [0.1, 0.15) is 43.6 Å². The van der Waals surface area contributed by atoms with Crippen LogP contribution in [0.25, 0.3) is 11.0 Å². The third-order valence-electron chi connectivity index (χ3n) is 6.13. The van der Waals surface area contributed by atoms with Crippen molar-refractivity contribution in [2.45, 2.75) is 38.0 Å². The molecule has 0 amide bonds. The number of benzene rings is 1. The summed E-state index contributed by atoms with van der Waals surface area (Å²) in [6.45, 7) is 3.54. The smallest absolute Gasteiger partial charge is 0.140 e. The Morgan fingerprint density at radius 3 is 2.54 bits per heavy atom. The molecule has 1 saturated heterocycles. The number of pyridine rings is 1.